The van der Waals surface area contributed by atoms with E-state index in [-0.39, 0.29) is 17.9 Å². The number of urea groups is 1. The van der Waals surface area contributed by atoms with E-state index in [2.05, 4.69) is 5.32 Å². The minimum atomic E-state index is -0.114. The molecule has 2 fully saturated rings. The molecule has 1 N–H and O–H groups in total. The second kappa shape index (κ2) is 6.75. The molecule has 108 valence electrons. The second-order valence-electron chi connectivity index (χ2n) is 5.03. The van der Waals surface area contributed by atoms with Gasteiger partial charge in [0, 0.05) is 39.3 Å². The number of esters is 1. The van der Waals surface area contributed by atoms with Crippen LogP contribution in [0, 0.1) is 5.92 Å². The molecule has 2 heterocycles. The fourth-order valence-electron chi connectivity index (χ4n) is 2.62. The molecule has 0 aromatic carbocycles. The topological polar surface area (TPSA) is 61.9 Å². The first-order valence-electron chi connectivity index (χ1n) is 7.13. The number of likely N-dealkylation sites (tertiary alicyclic amines) is 1. The van der Waals surface area contributed by atoms with Crippen molar-refractivity contribution in [2.75, 3.05) is 45.9 Å². The quantitative estimate of drug-likeness (QED) is 0.732. The van der Waals surface area contributed by atoms with Crippen molar-refractivity contribution in [3.8, 4) is 0 Å². The van der Waals surface area contributed by atoms with Crippen LogP contribution in [0.5, 0.6) is 0 Å². The van der Waals surface area contributed by atoms with E-state index < -0.39 is 0 Å². The van der Waals surface area contributed by atoms with Crippen molar-refractivity contribution in [1.82, 2.24) is 15.1 Å². The van der Waals surface area contributed by atoms with Crippen LogP contribution in [0.3, 0.4) is 0 Å². The highest BCUT2D eigenvalue weighted by Gasteiger charge is 2.30. The summed E-state index contributed by atoms with van der Waals surface area (Å²) in [7, 11) is 0. The maximum Gasteiger partial charge on any atom is 0.320 e. The number of carbonyl (C=O) groups excluding carboxylic acids is 2. The molecule has 0 radical (unpaired) electrons. The third-order valence-corrected chi connectivity index (χ3v) is 3.77. The molecule has 6 heteroatoms. The van der Waals surface area contributed by atoms with Gasteiger partial charge in [0.25, 0.3) is 0 Å². The smallest absolute Gasteiger partial charge is 0.320 e. The number of amides is 2. The van der Waals surface area contributed by atoms with Crippen LogP contribution in [0.15, 0.2) is 0 Å². The first-order chi connectivity index (χ1) is 9.22. The Bertz CT molecular complexity index is 321. The van der Waals surface area contributed by atoms with Gasteiger partial charge in [-0.25, -0.2) is 4.79 Å². The summed E-state index contributed by atoms with van der Waals surface area (Å²) >= 11 is 0. The van der Waals surface area contributed by atoms with Gasteiger partial charge in [-0.05, 0) is 19.8 Å². The summed E-state index contributed by atoms with van der Waals surface area (Å²) in [6.45, 7) is 6.85. The number of piperazine rings is 1. The third kappa shape index (κ3) is 3.59. The van der Waals surface area contributed by atoms with Crippen molar-refractivity contribution < 1.29 is 14.3 Å². The number of hydrogen-bond donors (Lipinski definition) is 1. The van der Waals surface area contributed by atoms with E-state index in [9.17, 15) is 9.59 Å². The van der Waals surface area contributed by atoms with Gasteiger partial charge in [0.2, 0.25) is 0 Å². The molecule has 2 aliphatic rings. The average Bonchev–Trinajstić information content (AvgIpc) is 2.48. The predicted molar refractivity (Wildman–Crippen MR) is 70.8 cm³/mol. The fraction of sp³-hybridized carbons (Fsp3) is 0.846. The molecule has 0 aromatic heterocycles. The summed E-state index contributed by atoms with van der Waals surface area (Å²) in [5, 5.41) is 3.23. The molecule has 0 aliphatic carbocycles. The van der Waals surface area contributed by atoms with Crippen LogP contribution in [0.2, 0.25) is 0 Å². The molecule has 19 heavy (non-hydrogen) atoms. The van der Waals surface area contributed by atoms with E-state index >= 15 is 0 Å². The van der Waals surface area contributed by atoms with E-state index in [1.807, 2.05) is 16.7 Å². The number of piperidine rings is 1. The third-order valence-electron chi connectivity index (χ3n) is 3.77. The number of carbonyl (C=O) groups is 2. The largest absolute Gasteiger partial charge is 0.466 e. The van der Waals surface area contributed by atoms with Gasteiger partial charge < -0.3 is 19.9 Å². The number of ether oxygens (including phenoxy) is 1. The predicted octanol–water partition coefficient (Wildman–Crippen LogP) is 0.287. The molecular weight excluding hydrogens is 246 g/mol. The zero-order valence-corrected chi connectivity index (χ0v) is 11.6. The van der Waals surface area contributed by atoms with Gasteiger partial charge in [0.05, 0.1) is 12.5 Å². The number of rotatable bonds is 2. The van der Waals surface area contributed by atoms with Gasteiger partial charge in [0.1, 0.15) is 0 Å². The standard InChI is InChI=1S/C13H23N3O3/c1-2-19-12(17)11-3-7-15(8-4-11)13(18)16-9-5-14-6-10-16/h11,14H,2-10H2,1H3. The van der Waals surface area contributed by atoms with Crippen molar-refractivity contribution in [2.24, 2.45) is 5.92 Å². The summed E-state index contributed by atoms with van der Waals surface area (Å²) in [5.41, 5.74) is 0. The van der Waals surface area contributed by atoms with Gasteiger partial charge in [-0.1, -0.05) is 0 Å². The Morgan fingerprint density at radius 1 is 1.11 bits per heavy atom. The van der Waals surface area contributed by atoms with Crippen LogP contribution in [0.4, 0.5) is 4.79 Å². The minimum Gasteiger partial charge on any atom is -0.466 e. The van der Waals surface area contributed by atoms with Crippen LogP contribution in [-0.4, -0.2) is 67.7 Å². The lowest BCUT2D eigenvalue weighted by atomic mass is 9.97. The van der Waals surface area contributed by atoms with Crippen LogP contribution in [0.1, 0.15) is 19.8 Å². The Kier molecular flexibility index (Phi) is 5.01. The summed E-state index contributed by atoms with van der Waals surface area (Å²) in [4.78, 5) is 27.6. The Hall–Kier alpha value is -1.30. The molecule has 2 saturated heterocycles. The van der Waals surface area contributed by atoms with E-state index in [1.54, 1.807) is 0 Å². The normalized spacial score (nSPS) is 21.3. The second-order valence-corrected chi connectivity index (χ2v) is 5.03. The molecule has 2 amide bonds. The van der Waals surface area contributed by atoms with E-state index in [0.717, 1.165) is 39.0 Å². The molecule has 2 aliphatic heterocycles. The Morgan fingerprint density at radius 2 is 1.68 bits per heavy atom. The van der Waals surface area contributed by atoms with Crippen molar-refractivity contribution in [3.63, 3.8) is 0 Å². The van der Waals surface area contributed by atoms with Gasteiger partial charge in [0.15, 0.2) is 0 Å². The molecule has 6 nitrogen and oxygen atoms in total. The fourth-order valence-corrected chi connectivity index (χ4v) is 2.62. The highest BCUT2D eigenvalue weighted by atomic mass is 16.5. The minimum absolute atomic E-state index is 0.0352. The lowest BCUT2D eigenvalue weighted by molar-refractivity contribution is -0.149. The first kappa shape index (κ1) is 14.1. The monoisotopic (exact) mass is 269 g/mol. The first-order valence-corrected chi connectivity index (χ1v) is 7.13. The molecule has 0 bridgehead atoms. The number of nitrogens with one attached hydrogen (secondary N) is 1. The molecule has 0 saturated carbocycles. The lowest BCUT2D eigenvalue weighted by Gasteiger charge is -2.36. The van der Waals surface area contributed by atoms with Crippen molar-refractivity contribution in [1.29, 1.82) is 0 Å². The Labute approximate surface area is 114 Å². The van der Waals surface area contributed by atoms with Crippen molar-refractivity contribution >= 4 is 12.0 Å². The highest BCUT2D eigenvalue weighted by molar-refractivity contribution is 5.76. The summed E-state index contributed by atoms with van der Waals surface area (Å²) < 4.78 is 5.03. The number of nitrogens with zero attached hydrogens (tertiary/aromatic N) is 2. The van der Waals surface area contributed by atoms with Gasteiger partial charge >= 0.3 is 12.0 Å². The highest BCUT2D eigenvalue weighted by Crippen LogP contribution is 2.19. The Morgan fingerprint density at radius 3 is 2.26 bits per heavy atom. The van der Waals surface area contributed by atoms with Gasteiger partial charge in [-0.15, -0.1) is 0 Å². The van der Waals surface area contributed by atoms with E-state index in [0.29, 0.717) is 19.7 Å². The molecule has 0 aromatic rings. The maximum atomic E-state index is 12.3. The molecule has 0 spiro atoms. The Balaban J connectivity index is 1.79. The van der Waals surface area contributed by atoms with Crippen LogP contribution in [0.25, 0.3) is 0 Å². The van der Waals surface area contributed by atoms with Crippen molar-refractivity contribution in [2.45, 2.75) is 19.8 Å². The molecule has 0 atom stereocenters. The summed E-state index contributed by atoms with van der Waals surface area (Å²) in [6.07, 6.45) is 1.44. The average molecular weight is 269 g/mol. The van der Waals surface area contributed by atoms with Crippen LogP contribution >= 0.6 is 0 Å². The zero-order valence-electron chi connectivity index (χ0n) is 11.6. The SMILES string of the molecule is CCOC(=O)C1CCN(C(=O)N2CCNCC2)CC1. The molecular formula is C13H23N3O3. The summed E-state index contributed by atoms with van der Waals surface area (Å²) in [6, 6.07) is 0.115. The molecule has 0 unspecified atom stereocenters. The zero-order chi connectivity index (χ0) is 13.7. The maximum absolute atomic E-state index is 12.3. The van der Waals surface area contributed by atoms with E-state index in [4.69, 9.17) is 4.74 Å². The van der Waals surface area contributed by atoms with Crippen LogP contribution in [-0.2, 0) is 9.53 Å². The number of hydrogen-bond acceptors (Lipinski definition) is 4. The molecule has 2 rings (SSSR count). The van der Waals surface area contributed by atoms with Crippen molar-refractivity contribution in [3.05, 3.63) is 0 Å². The van der Waals surface area contributed by atoms with Gasteiger partial charge in [-0.2, -0.15) is 0 Å². The van der Waals surface area contributed by atoms with Gasteiger partial charge in [-0.3, -0.25) is 4.79 Å². The lowest BCUT2D eigenvalue weighted by Crippen LogP contribution is -2.53. The summed E-state index contributed by atoms with van der Waals surface area (Å²) in [5.74, 6) is -0.149. The van der Waals surface area contributed by atoms with E-state index in [1.165, 1.54) is 0 Å². The van der Waals surface area contributed by atoms with Crippen LogP contribution < -0.4 is 5.32 Å².